The van der Waals surface area contributed by atoms with Crippen molar-refractivity contribution >= 4 is 27.7 Å². The number of aryl methyl sites for hydroxylation is 1. The second-order valence-electron chi connectivity index (χ2n) is 6.50. The number of aromatic amines is 1. The number of anilines is 1. The van der Waals surface area contributed by atoms with E-state index in [-0.39, 0.29) is 5.82 Å². The monoisotopic (exact) mass is 446 g/mol. The van der Waals surface area contributed by atoms with E-state index in [0.717, 1.165) is 40.6 Å². The summed E-state index contributed by atoms with van der Waals surface area (Å²) in [4.78, 5) is 28.3. The predicted octanol–water partition coefficient (Wildman–Crippen LogP) is 4.38. The number of benzene rings is 2. The molecule has 0 fully saturated rings. The molecule has 1 aliphatic rings. The van der Waals surface area contributed by atoms with E-state index in [0.29, 0.717) is 22.2 Å². The Labute approximate surface area is 167 Å². The van der Waals surface area contributed by atoms with Gasteiger partial charge in [-0.2, -0.15) is 0 Å². The van der Waals surface area contributed by atoms with E-state index < -0.39 is 23.1 Å². The predicted molar refractivity (Wildman–Crippen MR) is 104 cm³/mol. The van der Waals surface area contributed by atoms with Gasteiger partial charge in [0.25, 0.3) is 0 Å². The quantitative estimate of drug-likeness (QED) is 0.573. The minimum atomic E-state index is -1.02. The summed E-state index contributed by atoms with van der Waals surface area (Å²) in [6, 6.07) is 9.03. The highest BCUT2D eigenvalue weighted by Gasteiger charge is 2.27. The Hall–Kier alpha value is -2.87. The van der Waals surface area contributed by atoms with Crippen molar-refractivity contribution in [3.63, 3.8) is 0 Å². The second-order valence-corrected chi connectivity index (χ2v) is 7.41. The lowest BCUT2D eigenvalue weighted by Crippen LogP contribution is -2.30. The highest BCUT2D eigenvalue weighted by Crippen LogP contribution is 2.31. The topological polar surface area (TPSA) is 67.9 Å². The van der Waals surface area contributed by atoms with Gasteiger partial charge in [-0.15, -0.1) is 0 Å². The molecule has 1 amide bonds. The third kappa shape index (κ3) is 3.24. The van der Waals surface area contributed by atoms with Crippen LogP contribution in [0.25, 0.3) is 11.3 Å². The van der Waals surface area contributed by atoms with E-state index in [1.807, 2.05) is 18.2 Å². The maximum absolute atomic E-state index is 13.8. The lowest BCUT2D eigenvalue weighted by molar-refractivity contribution is -0.488. The summed E-state index contributed by atoms with van der Waals surface area (Å²) in [5, 5.41) is 2.31. The molecule has 5 nitrogen and oxygen atoms in total. The Morgan fingerprint density at radius 2 is 1.89 bits per heavy atom. The highest BCUT2D eigenvalue weighted by molar-refractivity contribution is 9.10. The standard InChI is InChI=1S/C20H14BrF2N3O2/c21-12-8-7-11-3-1-6-16-19(13(11)9-12)24-10-17(26(16)28)25-20(27)18-14(22)4-2-5-15(18)23/h2,4-5,7-10H,1,3,6H2,(H-,24,25,27,28)/p+1. The highest BCUT2D eigenvalue weighted by atomic mass is 79.9. The minimum absolute atomic E-state index is 0.121. The van der Waals surface area contributed by atoms with Crippen molar-refractivity contribution in [1.82, 2.24) is 4.98 Å². The molecule has 0 bridgehead atoms. The van der Waals surface area contributed by atoms with Crippen LogP contribution in [-0.4, -0.2) is 10.9 Å². The average Bonchev–Trinajstić information content (AvgIpc) is 2.83. The number of rotatable bonds is 2. The Kier molecular flexibility index (Phi) is 4.80. The van der Waals surface area contributed by atoms with Crippen molar-refractivity contribution in [2.24, 2.45) is 0 Å². The van der Waals surface area contributed by atoms with Crippen LogP contribution in [0, 0.1) is 16.5 Å². The van der Waals surface area contributed by atoms with E-state index in [1.54, 1.807) is 0 Å². The van der Waals surface area contributed by atoms with Gasteiger partial charge in [-0.1, -0.05) is 33.0 Å². The molecule has 142 valence electrons. The summed E-state index contributed by atoms with van der Waals surface area (Å²) in [6.45, 7) is 0. The molecule has 8 heteroatoms. The molecule has 0 saturated carbocycles. The fourth-order valence-corrected chi connectivity index (χ4v) is 3.78. The number of carbonyl (C=O) groups excluding carboxylic acids is 1. The first kappa shape index (κ1) is 18.5. The van der Waals surface area contributed by atoms with Gasteiger partial charge in [0.2, 0.25) is 0 Å². The molecule has 2 aromatic carbocycles. The summed E-state index contributed by atoms with van der Waals surface area (Å²) in [7, 11) is 0. The fourth-order valence-electron chi connectivity index (χ4n) is 3.42. The van der Waals surface area contributed by atoms with Gasteiger partial charge in [0.1, 0.15) is 17.2 Å². The number of amides is 1. The fraction of sp³-hybridized carbons (Fsp3) is 0.150. The molecule has 2 N–H and O–H groups in total. The summed E-state index contributed by atoms with van der Waals surface area (Å²) in [5.41, 5.74) is 2.42. The van der Waals surface area contributed by atoms with Gasteiger partial charge in [-0.05, 0) is 42.7 Å². The zero-order chi connectivity index (χ0) is 19.8. The van der Waals surface area contributed by atoms with Crippen molar-refractivity contribution in [3.05, 3.63) is 80.4 Å². The maximum Gasteiger partial charge on any atom is 0.345 e. The first-order valence-electron chi connectivity index (χ1n) is 8.67. The summed E-state index contributed by atoms with van der Waals surface area (Å²) in [6.07, 6.45) is 3.40. The Morgan fingerprint density at radius 1 is 1.14 bits per heavy atom. The van der Waals surface area contributed by atoms with Gasteiger partial charge in [-0.3, -0.25) is 0 Å². The van der Waals surface area contributed by atoms with Crippen LogP contribution in [0.1, 0.15) is 28.0 Å². The van der Waals surface area contributed by atoms with Crippen LogP contribution in [0.4, 0.5) is 14.6 Å². The Bertz CT molecular complexity index is 1140. The van der Waals surface area contributed by atoms with Crippen LogP contribution in [0.3, 0.4) is 0 Å². The molecule has 1 heterocycles. The number of hydrogen-bond acceptors (Lipinski definition) is 2. The van der Waals surface area contributed by atoms with Crippen molar-refractivity contribution in [3.8, 4) is 11.3 Å². The van der Waals surface area contributed by atoms with Gasteiger partial charge in [-0.25, -0.2) is 18.9 Å². The molecule has 3 aromatic rings. The summed E-state index contributed by atoms with van der Waals surface area (Å²) < 4.78 is 29.2. The van der Waals surface area contributed by atoms with E-state index in [9.17, 15) is 18.5 Å². The normalized spacial score (nSPS) is 12.7. The molecule has 0 aliphatic heterocycles. The molecular formula is C20H15BrF2N3O2+. The van der Waals surface area contributed by atoms with Gasteiger partial charge < -0.3 is 4.98 Å². The minimum Gasteiger partial charge on any atom is -0.351 e. The van der Waals surface area contributed by atoms with E-state index in [2.05, 4.69) is 26.2 Å². The molecule has 1 aliphatic carbocycles. The second kappa shape index (κ2) is 7.27. The van der Waals surface area contributed by atoms with Crippen molar-refractivity contribution < 1.29 is 18.0 Å². The largest absolute Gasteiger partial charge is 0.351 e. The summed E-state index contributed by atoms with van der Waals surface area (Å²) in [5.74, 6) is -3.13. The number of aromatic nitrogens is 2. The zero-order valence-electron chi connectivity index (χ0n) is 14.6. The van der Waals surface area contributed by atoms with E-state index in [4.69, 9.17) is 0 Å². The smallest absolute Gasteiger partial charge is 0.345 e. The van der Waals surface area contributed by atoms with Gasteiger partial charge in [0, 0.05) is 20.9 Å². The van der Waals surface area contributed by atoms with Crippen LogP contribution in [0.2, 0.25) is 0 Å². The number of fused-ring (bicyclic) bond motifs is 3. The third-order valence-electron chi connectivity index (χ3n) is 4.74. The first-order valence-corrected chi connectivity index (χ1v) is 9.46. The molecule has 28 heavy (non-hydrogen) atoms. The first-order chi connectivity index (χ1) is 13.5. The average molecular weight is 447 g/mol. The van der Waals surface area contributed by atoms with Crippen LogP contribution < -0.4 is 9.74 Å². The van der Waals surface area contributed by atoms with Gasteiger partial charge in [0.15, 0.2) is 5.69 Å². The number of halogens is 3. The lowest BCUT2D eigenvalue weighted by atomic mass is 10.0. The Morgan fingerprint density at radius 3 is 2.64 bits per heavy atom. The molecule has 0 saturated heterocycles. The van der Waals surface area contributed by atoms with E-state index >= 15 is 0 Å². The zero-order valence-corrected chi connectivity index (χ0v) is 16.1. The molecular weight excluding hydrogens is 432 g/mol. The molecule has 0 unspecified atom stereocenters. The van der Waals surface area contributed by atoms with Gasteiger partial charge >= 0.3 is 11.7 Å². The lowest BCUT2D eigenvalue weighted by Gasteiger charge is -2.08. The number of carbonyl (C=O) groups is 1. The van der Waals surface area contributed by atoms with Crippen LogP contribution in [-0.2, 0) is 12.8 Å². The number of H-pyrrole nitrogens is 1. The maximum atomic E-state index is 13.8. The van der Waals surface area contributed by atoms with Crippen LogP contribution in [0.5, 0.6) is 0 Å². The molecule has 1 aromatic heterocycles. The third-order valence-corrected chi connectivity index (χ3v) is 5.23. The van der Waals surface area contributed by atoms with Gasteiger partial charge in [0.05, 0.1) is 11.9 Å². The number of hydrogen-bond donors (Lipinski definition) is 2. The molecule has 0 atom stereocenters. The SMILES string of the molecule is O=C(Nc1c[nH]c2c([n+]1=O)CCCc1ccc(Br)cc1-2)c1c(F)cccc1F. The van der Waals surface area contributed by atoms with Crippen LogP contribution >= 0.6 is 15.9 Å². The molecule has 0 spiro atoms. The van der Waals surface area contributed by atoms with Crippen LogP contribution in [0.15, 0.2) is 47.1 Å². The number of nitrogens with zero attached hydrogens (tertiary/aromatic N) is 1. The van der Waals surface area contributed by atoms with E-state index in [1.165, 1.54) is 12.3 Å². The van der Waals surface area contributed by atoms with Crippen molar-refractivity contribution in [2.75, 3.05) is 5.32 Å². The molecule has 4 rings (SSSR count). The van der Waals surface area contributed by atoms with Crippen molar-refractivity contribution in [2.45, 2.75) is 19.3 Å². The molecule has 0 radical (unpaired) electrons. The number of nitrogens with one attached hydrogen (secondary N) is 2. The Balaban J connectivity index is 1.75. The summed E-state index contributed by atoms with van der Waals surface area (Å²) >= 11 is 3.45. The van der Waals surface area contributed by atoms with Crippen molar-refractivity contribution in [1.29, 1.82) is 0 Å².